The Morgan fingerprint density at radius 2 is 2.09 bits per heavy atom. The van der Waals surface area contributed by atoms with Crippen molar-refractivity contribution in [2.45, 2.75) is 19.3 Å². The summed E-state index contributed by atoms with van der Waals surface area (Å²) in [6, 6.07) is 3.83. The summed E-state index contributed by atoms with van der Waals surface area (Å²) in [4.78, 5) is 4.84. The van der Waals surface area contributed by atoms with Gasteiger partial charge in [-0.05, 0) is 43.4 Å². The first-order valence-corrected chi connectivity index (χ1v) is 8.17. The van der Waals surface area contributed by atoms with E-state index in [2.05, 4.69) is 44.6 Å². The van der Waals surface area contributed by atoms with Gasteiger partial charge < -0.3 is 0 Å². The van der Waals surface area contributed by atoms with Gasteiger partial charge in [0.15, 0.2) is 5.82 Å². The standard InChI is InChI=1S/C16H15N5S/c1-2-4-12(5-3-1)6-7-14-20-21-15(18-19-16(21)22-14)13-8-10-17-11-9-13/h1-2,6-12H,3-5H2/b7-6+/t12-/m0/s1. The number of allylic oxidation sites excluding steroid dienone is 3. The molecule has 0 aromatic carbocycles. The van der Waals surface area contributed by atoms with Crippen molar-refractivity contribution in [1.29, 1.82) is 0 Å². The Bertz CT molecular complexity index is 831. The maximum Gasteiger partial charge on any atom is 0.235 e. The van der Waals surface area contributed by atoms with Gasteiger partial charge in [0.25, 0.3) is 0 Å². The van der Waals surface area contributed by atoms with Crippen molar-refractivity contribution in [2.24, 2.45) is 5.92 Å². The molecule has 0 N–H and O–H groups in total. The van der Waals surface area contributed by atoms with E-state index in [1.165, 1.54) is 12.8 Å². The highest BCUT2D eigenvalue weighted by atomic mass is 32.1. The molecule has 1 atom stereocenters. The lowest BCUT2D eigenvalue weighted by atomic mass is 9.94. The third kappa shape index (κ3) is 2.57. The molecule has 4 rings (SSSR count). The van der Waals surface area contributed by atoms with Crippen molar-refractivity contribution in [1.82, 2.24) is 24.8 Å². The molecule has 0 spiro atoms. The fourth-order valence-electron chi connectivity index (χ4n) is 2.59. The van der Waals surface area contributed by atoms with E-state index in [1.54, 1.807) is 28.2 Å². The van der Waals surface area contributed by atoms with Crippen molar-refractivity contribution in [2.75, 3.05) is 0 Å². The molecule has 0 radical (unpaired) electrons. The minimum Gasteiger partial charge on any atom is -0.265 e. The van der Waals surface area contributed by atoms with E-state index in [4.69, 9.17) is 0 Å². The first-order valence-electron chi connectivity index (χ1n) is 7.36. The van der Waals surface area contributed by atoms with Crippen LogP contribution in [-0.2, 0) is 0 Å². The van der Waals surface area contributed by atoms with Gasteiger partial charge in [-0.2, -0.15) is 9.61 Å². The van der Waals surface area contributed by atoms with Crippen molar-refractivity contribution < 1.29 is 0 Å². The lowest BCUT2D eigenvalue weighted by molar-refractivity contribution is 0.586. The zero-order valence-electron chi connectivity index (χ0n) is 12.0. The van der Waals surface area contributed by atoms with Gasteiger partial charge in [-0.1, -0.05) is 29.6 Å². The van der Waals surface area contributed by atoms with Crippen LogP contribution in [0.5, 0.6) is 0 Å². The zero-order valence-corrected chi connectivity index (χ0v) is 12.8. The Labute approximate surface area is 132 Å². The Hall–Kier alpha value is -2.34. The van der Waals surface area contributed by atoms with Crippen molar-refractivity contribution in [3.63, 3.8) is 0 Å². The van der Waals surface area contributed by atoms with E-state index in [-0.39, 0.29) is 0 Å². The SMILES string of the molecule is C1=CC[C@H](/C=C/c2nn3c(-c4ccncc4)nnc3s2)CC1. The number of hydrogen-bond donors (Lipinski definition) is 0. The van der Waals surface area contributed by atoms with E-state index in [0.717, 1.165) is 27.8 Å². The molecule has 22 heavy (non-hydrogen) atoms. The largest absolute Gasteiger partial charge is 0.265 e. The average Bonchev–Trinajstić information content (AvgIpc) is 3.15. The third-order valence-electron chi connectivity index (χ3n) is 3.77. The minimum absolute atomic E-state index is 0.624. The molecule has 0 unspecified atom stereocenters. The summed E-state index contributed by atoms with van der Waals surface area (Å²) in [5.41, 5.74) is 0.973. The van der Waals surface area contributed by atoms with E-state index < -0.39 is 0 Å². The lowest BCUT2D eigenvalue weighted by Gasteiger charge is -2.12. The van der Waals surface area contributed by atoms with Gasteiger partial charge in [0.05, 0.1) is 0 Å². The van der Waals surface area contributed by atoms with Crippen LogP contribution in [0.1, 0.15) is 24.3 Å². The van der Waals surface area contributed by atoms with Crippen LogP contribution in [0.4, 0.5) is 0 Å². The molecule has 1 aliphatic rings. The highest BCUT2D eigenvalue weighted by molar-refractivity contribution is 7.17. The van der Waals surface area contributed by atoms with Crippen LogP contribution in [0.2, 0.25) is 0 Å². The first-order chi connectivity index (χ1) is 10.9. The molecular formula is C16H15N5S. The van der Waals surface area contributed by atoms with Crippen molar-refractivity contribution >= 4 is 22.4 Å². The van der Waals surface area contributed by atoms with E-state index >= 15 is 0 Å². The third-order valence-corrected chi connectivity index (χ3v) is 4.63. The average molecular weight is 309 g/mol. The minimum atomic E-state index is 0.624. The Morgan fingerprint density at radius 1 is 1.18 bits per heavy atom. The lowest BCUT2D eigenvalue weighted by Crippen LogP contribution is -1.97. The van der Waals surface area contributed by atoms with Gasteiger partial charge in [0.1, 0.15) is 5.01 Å². The van der Waals surface area contributed by atoms with Gasteiger partial charge >= 0.3 is 0 Å². The molecule has 0 amide bonds. The number of rotatable bonds is 3. The van der Waals surface area contributed by atoms with Crippen molar-refractivity contribution in [3.8, 4) is 11.4 Å². The molecule has 0 saturated carbocycles. The molecular weight excluding hydrogens is 294 g/mol. The van der Waals surface area contributed by atoms with Crippen LogP contribution in [-0.4, -0.2) is 24.8 Å². The quantitative estimate of drug-likeness (QED) is 0.693. The number of hydrogen-bond acceptors (Lipinski definition) is 5. The number of nitrogens with zero attached hydrogens (tertiary/aromatic N) is 5. The highest BCUT2D eigenvalue weighted by Crippen LogP contribution is 2.24. The summed E-state index contributed by atoms with van der Waals surface area (Å²) in [5, 5.41) is 14.0. The van der Waals surface area contributed by atoms with Gasteiger partial charge in [-0.25, -0.2) is 0 Å². The first kappa shape index (κ1) is 13.3. The van der Waals surface area contributed by atoms with Crippen LogP contribution in [0, 0.1) is 5.92 Å². The van der Waals surface area contributed by atoms with Crippen LogP contribution >= 0.6 is 11.3 Å². The van der Waals surface area contributed by atoms with E-state index in [0.29, 0.717) is 5.92 Å². The molecule has 3 aromatic rings. The predicted molar refractivity (Wildman–Crippen MR) is 87.4 cm³/mol. The summed E-state index contributed by atoms with van der Waals surface area (Å²) in [6.45, 7) is 0. The van der Waals surface area contributed by atoms with Crippen LogP contribution in [0.3, 0.4) is 0 Å². The maximum atomic E-state index is 4.62. The smallest absolute Gasteiger partial charge is 0.235 e. The van der Waals surface area contributed by atoms with Crippen LogP contribution in [0.15, 0.2) is 42.8 Å². The summed E-state index contributed by atoms with van der Waals surface area (Å²) in [5.74, 6) is 1.38. The second-order valence-corrected chi connectivity index (χ2v) is 6.29. The molecule has 1 aliphatic carbocycles. The molecule has 0 fully saturated rings. The molecule has 3 aromatic heterocycles. The maximum absolute atomic E-state index is 4.62. The number of fused-ring (bicyclic) bond motifs is 1. The Morgan fingerprint density at radius 3 is 2.91 bits per heavy atom. The van der Waals surface area contributed by atoms with Gasteiger partial charge in [0.2, 0.25) is 4.96 Å². The zero-order chi connectivity index (χ0) is 14.8. The second-order valence-electron chi connectivity index (χ2n) is 5.30. The van der Waals surface area contributed by atoms with E-state index in [9.17, 15) is 0 Å². The molecule has 6 heteroatoms. The summed E-state index contributed by atoms with van der Waals surface area (Å²) < 4.78 is 1.81. The fraction of sp³-hybridized carbons (Fsp3) is 0.250. The van der Waals surface area contributed by atoms with Gasteiger partial charge in [-0.15, -0.1) is 10.2 Å². The molecule has 3 heterocycles. The topological polar surface area (TPSA) is 56.0 Å². The summed E-state index contributed by atoms with van der Waals surface area (Å²) in [6.07, 6.45) is 15.9. The second kappa shape index (κ2) is 5.81. The summed E-state index contributed by atoms with van der Waals surface area (Å²) in [7, 11) is 0. The number of pyridine rings is 1. The van der Waals surface area contributed by atoms with Crippen molar-refractivity contribution in [3.05, 3.63) is 47.8 Å². The Balaban J connectivity index is 1.63. The monoisotopic (exact) mass is 309 g/mol. The fourth-order valence-corrected chi connectivity index (χ4v) is 3.34. The molecule has 0 bridgehead atoms. The number of aromatic nitrogens is 5. The van der Waals surface area contributed by atoms with Crippen LogP contribution in [0.25, 0.3) is 22.4 Å². The highest BCUT2D eigenvalue weighted by Gasteiger charge is 2.12. The van der Waals surface area contributed by atoms with E-state index in [1.807, 2.05) is 12.1 Å². The molecule has 0 saturated heterocycles. The summed E-state index contributed by atoms with van der Waals surface area (Å²) >= 11 is 1.56. The predicted octanol–water partition coefficient (Wildman–Crippen LogP) is 3.62. The van der Waals surface area contributed by atoms with Crippen LogP contribution < -0.4 is 0 Å². The normalized spacial score (nSPS) is 18.5. The molecule has 5 nitrogen and oxygen atoms in total. The molecule has 0 aliphatic heterocycles. The van der Waals surface area contributed by atoms with Gasteiger partial charge in [-0.3, -0.25) is 4.98 Å². The van der Waals surface area contributed by atoms with Gasteiger partial charge in [0, 0.05) is 18.0 Å². The Kier molecular flexibility index (Phi) is 3.52. The molecule has 110 valence electrons.